The van der Waals surface area contributed by atoms with E-state index in [1.165, 1.54) is 12.1 Å². The van der Waals surface area contributed by atoms with Gasteiger partial charge in [-0.3, -0.25) is 4.98 Å². The smallest absolute Gasteiger partial charge is 0.405 e. The maximum absolute atomic E-state index is 13.1. The number of halogens is 3. The second-order valence-electron chi connectivity index (χ2n) is 11.4. The van der Waals surface area contributed by atoms with E-state index in [0.717, 1.165) is 49.9 Å². The Hall–Kier alpha value is -4.17. The van der Waals surface area contributed by atoms with E-state index >= 15 is 0 Å². The minimum atomic E-state index is -4.82. The highest BCUT2D eigenvalue weighted by Gasteiger charge is 2.44. The van der Waals surface area contributed by atoms with Gasteiger partial charge in [0.25, 0.3) is 0 Å². The molecule has 2 atom stereocenters. The van der Waals surface area contributed by atoms with Gasteiger partial charge in [0.05, 0.1) is 41.6 Å². The molecule has 0 saturated heterocycles. The molecule has 3 aliphatic rings. The highest BCUT2D eigenvalue weighted by molar-refractivity contribution is 5.77. The first-order valence-electron chi connectivity index (χ1n) is 14.2. The number of hydrogen-bond donors (Lipinski definition) is 1. The van der Waals surface area contributed by atoms with Crippen molar-refractivity contribution >= 4 is 16.9 Å². The first-order chi connectivity index (χ1) is 20.3. The molecular formula is C31H28F3N5O3. The summed E-state index contributed by atoms with van der Waals surface area (Å²) in [6, 6.07) is 13.7. The molecule has 8 nitrogen and oxygen atoms in total. The number of aromatic nitrogens is 3. The van der Waals surface area contributed by atoms with Crippen LogP contribution in [-0.4, -0.2) is 33.6 Å². The van der Waals surface area contributed by atoms with Crippen molar-refractivity contribution in [1.29, 1.82) is 5.26 Å². The fourth-order valence-electron chi connectivity index (χ4n) is 6.58. The lowest BCUT2D eigenvalue weighted by atomic mass is 9.82. The minimum Gasteiger partial charge on any atom is -0.405 e. The zero-order chi connectivity index (χ0) is 28.8. The van der Waals surface area contributed by atoms with Crippen LogP contribution in [0.15, 0.2) is 53.2 Å². The topological polar surface area (TPSA) is 106 Å². The van der Waals surface area contributed by atoms with Gasteiger partial charge < -0.3 is 19.3 Å². The third-order valence-electron chi connectivity index (χ3n) is 8.64. The number of rotatable bonds is 8. The van der Waals surface area contributed by atoms with Gasteiger partial charge in [0, 0.05) is 23.1 Å². The van der Waals surface area contributed by atoms with Crippen molar-refractivity contribution in [1.82, 2.24) is 15.1 Å². The number of para-hydroxylation sites is 1. The van der Waals surface area contributed by atoms with E-state index in [1.807, 2.05) is 6.07 Å². The number of alkyl halides is 3. The zero-order valence-electron chi connectivity index (χ0n) is 22.6. The van der Waals surface area contributed by atoms with E-state index in [9.17, 15) is 13.2 Å². The van der Waals surface area contributed by atoms with Crippen molar-refractivity contribution in [2.75, 3.05) is 5.32 Å². The van der Waals surface area contributed by atoms with Gasteiger partial charge in [0.1, 0.15) is 23.0 Å². The van der Waals surface area contributed by atoms with E-state index in [1.54, 1.807) is 30.5 Å². The molecule has 0 aliphatic heterocycles. The summed E-state index contributed by atoms with van der Waals surface area (Å²) in [6.07, 6.45) is 2.75. The number of nitrogens with zero attached hydrogens (tertiary/aromatic N) is 4. The van der Waals surface area contributed by atoms with Crippen LogP contribution in [0.5, 0.6) is 5.75 Å². The summed E-state index contributed by atoms with van der Waals surface area (Å²) >= 11 is 0. The number of anilines is 1. The second kappa shape index (κ2) is 10.6. The van der Waals surface area contributed by atoms with Crippen LogP contribution in [0, 0.1) is 23.2 Å². The molecule has 3 fully saturated rings. The molecule has 1 N–H and O–H groups in total. The molecule has 2 heterocycles. The van der Waals surface area contributed by atoms with Gasteiger partial charge in [0.2, 0.25) is 0 Å². The van der Waals surface area contributed by atoms with E-state index in [0.29, 0.717) is 39.9 Å². The Labute approximate surface area is 239 Å². The van der Waals surface area contributed by atoms with Crippen molar-refractivity contribution in [2.24, 2.45) is 11.8 Å². The van der Waals surface area contributed by atoms with Crippen molar-refractivity contribution in [3.05, 3.63) is 65.5 Å². The summed E-state index contributed by atoms with van der Waals surface area (Å²) in [5.74, 6) is 2.12. The fraction of sp³-hybridized carbons (Fsp3) is 0.419. The van der Waals surface area contributed by atoms with Crippen molar-refractivity contribution in [2.45, 2.75) is 69.6 Å². The van der Waals surface area contributed by atoms with Crippen LogP contribution >= 0.6 is 0 Å². The van der Waals surface area contributed by atoms with Gasteiger partial charge >= 0.3 is 6.36 Å². The highest BCUT2D eigenvalue weighted by atomic mass is 19.4. The molecule has 2 aromatic heterocycles. The fourth-order valence-corrected chi connectivity index (χ4v) is 6.58. The van der Waals surface area contributed by atoms with Gasteiger partial charge in [0.15, 0.2) is 0 Å². The molecule has 2 bridgehead atoms. The Morgan fingerprint density at radius 2 is 1.81 bits per heavy atom. The monoisotopic (exact) mass is 575 g/mol. The molecule has 42 heavy (non-hydrogen) atoms. The first-order valence-corrected chi connectivity index (χ1v) is 14.2. The highest BCUT2D eigenvalue weighted by Crippen LogP contribution is 2.47. The van der Waals surface area contributed by atoms with Crippen LogP contribution in [0.25, 0.3) is 22.3 Å². The largest absolute Gasteiger partial charge is 0.573 e. The minimum absolute atomic E-state index is 0.0177. The second-order valence-corrected chi connectivity index (χ2v) is 11.4. The third kappa shape index (κ3) is 5.39. The Morgan fingerprint density at radius 3 is 2.55 bits per heavy atom. The molecule has 11 heteroatoms. The van der Waals surface area contributed by atoms with E-state index < -0.39 is 6.36 Å². The van der Waals surface area contributed by atoms with Gasteiger partial charge in [-0.15, -0.1) is 13.2 Å². The molecule has 0 radical (unpaired) electrons. The molecule has 2 aromatic carbocycles. The standard InChI is InChI=1S/C31H28F3N5O3/c32-31(33,34)41-26-4-2-1-3-22(26)29-23(30(42-39-29)18-6-7-18)16-40-21-12-19-8-9-20(13-21)28(19)38-27-15-36-25-11-17(14-35)5-10-24(25)37-27/h1-5,10-11,15,18-21,28H,6-9,12-13,16H2,(H,37,38). The number of nitrogens with one attached hydrogen (secondary N) is 1. The normalized spacial score (nSPS) is 23.6. The summed E-state index contributed by atoms with van der Waals surface area (Å²) in [5, 5.41) is 16.9. The summed E-state index contributed by atoms with van der Waals surface area (Å²) < 4.78 is 55.7. The number of ether oxygens (including phenoxy) is 2. The maximum atomic E-state index is 13.1. The van der Waals surface area contributed by atoms with Crippen molar-refractivity contribution in [3.63, 3.8) is 0 Å². The van der Waals surface area contributed by atoms with Crippen LogP contribution in [0.2, 0.25) is 0 Å². The van der Waals surface area contributed by atoms with Gasteiger partial charge in [-0.25, -0.2) is 4.98 Å². The molecule has 2 unspecified atom stereocenters. The molecule has 216 valence electrons. The molecule has 4 aromatic rings. The summed E-state index contributed by atoms with van der Waals surface area (Å²) in [4.78, 5) is 9.22. The number of fused-ring (bicyclic) bond motifs is 3. The summed E-state index contributed by atoms with van der Waals surface area (Å²) in [7, 11) is 0. The maximum Gasteiger partial charge on any atom is 0.573 e. The first kappa shape index (κ1) is 26.7. The number of hydrogen-bond acceptors (Lipinski definition) is 8. The third-order valence-corrected chi connectivity index (χ3v) is 8.64. The molecule has 3 aliphatic carbocycles. The van der Waals surface area contributed by atoms with Gasteiger partial charge in [-0.05, 0) is 80.7 Å². The van der Waals surface area contributed by atoms with Crippen molar-refractivity contribution in [3.8, 4) is 23.1 Å². The predicted octanol–water partition coefficient (Wildman–Crippen LogP) is 7.12. The number of nitriles is 1. The summed E-state index contributed by atoms with van der Waals surface area (Å²) in [6.45, 7) is 0.216. The van der Waals surface area contributed by atoms with Crippen LogP contribution < -0.4 is 10.1 Å². The number of benzene rings is 2. The molecule has 0 amide bonds. The van der Waals surface area contributed by atoms with Crippen LogP contribution in [0.4, 0.5) is 19.0 Å². The Bertz CT molecular complexity index is 1650. The van der Waals surface area contributed by atoms with E-state index in [2.05, 4.69) is 26.3 Å². The average molecular weight is 576 g/mol. The van der Waals surface area contributed by atoms with Gasteiger partial charge in [-0.1, -0.05) is 17.3 Å². The summed E-state index contributed by atoms with van der Waals surface area (Å²) in [5.41, 5.74) is 3.25. The molecule has 7 rings (SSSR count). The van der Waals surface area contributed by atoms with Gasteiger partial charge in [-0.2, -0.15) is 5.26 Å². The van der Waals surface area contributed by atoms with E-state index in [4.69, 9.17) is 19.5 Å². The average Bonchev–Trinajstić information content (AvgIpc) is 3.69. The van der Waals surface area contributed by atoms with E-state index in [-0.39, 0.29) is 36.0 Å². The lowest BCUT2D eigenvalue weighted by molar-refractivity contribution is -0.274. The quantitative estimate of drug-likeness (QED) is 0.237. The van der Waals surface area contributed by atoms with Crippen molar-refractivity contribution < 1.29 is 27.2 Å². The molecular weight excluding hydrogens is 547 g/mol. The van der Waals surface area contributed by atoms with Crippen LogP contribution in [-0.2, 0) is 11.3 Å². The Morgan fingerprint density at radius 1 is 1.02 bits per heavy atom. The van der Waals surface area contributed by atoms with Crippen LogP contribution in [0.1, 0.15) is 61.3 Å². The SMILES string of the molecule is N#Cc1ccc2nc(NC3C4CCC3CC(OCc3c(-c5ccccc5OC(F)(F)F)noc3C3CC3)C4)cnc2c1. The molecule has 3 saturated carbocycles. The predicted molar refractivity (Wildman–Crippen MR) is 146 cm³/mol. The lowest BCUT2D eigenvalue weighted by Crippen LogP contribution is -2.39. The Kier molecular flexibility index (Phi) is 6.73. The lowest BCUT2D eigenvalue weighted by Gasteiger charge is -2.36. The zero-order valence-corrected chi connectivity index (χ0v) is 22.6. The molecule has 0 spiro atoms. The Balaban J connectivity index is 1.05. The van der Waals surface area contributed by atoms with Crippen LogP contribution in [0.3, 0.4) is 0 Å².